The predicted molar refractivity (Wildman–Crippen MR) is 78.2 cm³/mol. The van der Waals surface area contributed by atoms with Crippen LogP contribution in [0.1, 0.15) is 36.5 Å². The lowest BCUT2D eigenvalue weighted by Crippen LogP contribution is -2.57. The number of carbonyl (C=O) groups excluding carboxylic acids is 2. The molecule has 0 aromatic heterocycles. The molecule has 0 aliphatic carbocycles. The normalized spacial score (nSPS) is 19.1. The lowest BCUT2D eigenvalue weighted by Gasteiger charge is -2.35. The maximum Gasteiger partial charge on any atom is 0.243 e. The fourth-order valence-corrected chi connectivity index (χ4v) is 2.55. The second-order valence-electron chi connectivity index (χ2n) is 5.46. The van der Waals surface area contributed by atoms with Gasteiger partial charge < -0.3 is 10.2 Å². The zero-order valence-electron chi connectivity index (χ0n) is 12.4. The number of nitrogens with one attached hydrogen (secondary N) is 1. The average molecular weight is 274 g/mol. The van der Waals surface area contributed by atoms with Gasteiger partial charge in [-0.2, -0.15) is 0 Å². The Kier molecular flexibility index (Phi) is 4.42. The zero-order valence-corrected chi connectivity index (χ0v) is 12.4. The lowest BCUT2D eigenvalue weighted by molar-refractivity contribution is -0.146. The molecule has 0 spiro atoms. The Bertz CT molecular complexity index is 525. The number of benzene rings is 1. The number of hydrogen-bond acceptors (Lipinski definition) is 2. The number of carbonyl (C=O) groups is 2. The highest BCUT2D eigenvalue weighted by Crippen LogP contribution is 2.18. The fourth-order valence-electron chi connectivity index (χ4n) is 2.55. The van der Waals surface area contributed by atoms with E-state index in [1.54, 1.807) is 4.90 Å². The van der Waals surface area contributed by atoms with Gasteiger partial charge in [0.2, 0.25) is 11.8 Å². The van der Waals surface area contributed by atoms with E-state index in [0.717, 1.165) is 12.0 Å². The Morgan fingerprint density at radius 2 is 2.00 bits per heavy atom. The van der Waals surface area contributed by atoms with Crippen molar-refractivity contribution in [2.24, 2.45) is 0 Å². The van der Waals surface area contributed by atoms with Gasteiger partial charge in [-0.1, -0.05) is 31.5 Å². The topological polar surface area (TPSA) is 49.4 Å². The number of piperazine rings is 1. The molecular weight excluding hydrogens is 252 g/mol. The van der Waals surface area contributed by atoms with Crippen LogP contribution in [0.5, 0.6) is 0 Å². The highest BCUT2D eigenvalue weighted by atomic mass is 16.2. The highest BCUT2D eigenvalue weighted by molar-refractivity contribution is 5.94. The summed E-state index contributed by atoms with van der Waals surface area (Å²) < 4.78 is 0. The molecule has 0 saturated carbocycles. The van der Waals surface area contributed by atoms with E-state index < -0.39 is 0 Å². The van der Waals surface area contributed by atoms with E-state index in [4.69, 9.17) is 0 Å². The molecule has 0 bridgehead atoms. The van der Waals surface area contributed by atoms with Crippen LogP contribution in [0.2, 0.25) is 0 Å². The molecule has 4 heteroatoms. The summed E-state index contributed by atoms with van der Waals surface area (Å²) in [5.74, 6) is -0.0310. The van der Waals surface area contributed by atoms with Crippen LogP contribution in [0.4, 0.5) is 0 Å². The molecule has 0 radical (unpaired) electrons. The van der Waals surface area contributed by atoms with Crippen molar-refractivity contribution in [2.45, 2.75) is 46.2 Å². The van der Waals surface area contributed by atoms with Gasteiger partial charge in [0.25, 0.3) is 0 Å². The number of hydrogen-bond donors (Lipinski definition) is 1. The van der Waals surface area contributed by atoms with Crippen LogP contribution in [-0.2, 0) is 16.1 Å². The van der Waals surface area contributed by atoms with Crippen LogP contribution in [-0.4, -0.2) is 29.3 Å². The summed E-state index contributed by atoms with van der Waals surface area (Å²) in [7, 11) is 0. The molecule has 1 N–H and O–H groups in total. The minimum absolute atomic E-state index is 0.00118. The summed E-state index contributed by atoms with van der Waals surface area (Å²) >= 11 is 0. The van der Waals surface area contributed by atoms with Crippen LogP contribution in [0.3, 0.4) is 0 Å². The third-order valence-electron chi connectivity index (χ3n) is 3.90. The molecule has 2 rings (SSSR count). The van der Waals surface area contributed by atoms with Gasteiger partial charge >= 0.3 is 0 Å². The van der Waals surface area contributed by atoms with Crippen molar-refractivity contribution in [1.29, 1.82) is 0 Å². The first kappa shape index (κ1) is 14.6. The second-order valence-corrected chi connectivity index (χ2v) is 5.46. The fraction of sp³-hybridized carbons (Fsp3) is 0.500. The van der Waals surface area contributed by atoms with E-state index in [-0.39, 0.29) is 24.4 Å². The minimum atomic E-state index is -0.331. The summed E-state index contributed by atoms with van der Waals surface area (Å²) in [4.78, 5) is 25.8. The van der Waals surface area contributed by atoms with Crippen molar-refractivity contribution in [1.82, 2.24) is 10.2 Å². The van der Waals surface area contributed by atoms with E-state index in [0.29, 0.717) is 13.0 Å². The molecule has 4 nitrogen and oxygen atoms in total. The van der Waals surface area contributed by atoms with E-state index in [1.165, 1.54) is 11.1 Å². The molecular formula is C16H22N2O2. The number of aryl methyl sites for hydroxylation is 2. The Labute approximate surface area is 120 Å². The van der Waals surface area contributed by atoms with Gasteiger partial charge in [-0.15, -0.1) is 0 Å². The summed E-state index contributed by atoms with van der Waals surface area (Å²) in [6.45, 7) is 6.79. The van der Waals surface area contributed by atoms with Crippen LogP contribution in [0.15, 0.2) is 18.2 Å². The minimum Gasteiger partial charge on any atom is -0.345 e. The van der Waals surface area contributed by atoms with Crippen molar-refractivity contribution >= 4 is 11.8 Å². The van der Waals surface area contributed by atoms with Crippen LogP contribution < -0.4 is 5.32 Å². The van der Waals surface area contributed by atoms with E-state index in [1.807, 2.05) is 13.0 Å². The summed E-state index contributed by atoms with van der Waals surface area (Å²) in [5, 5.41) is 2.67. The summed E-state index contributed by atoms with van der Waals surface area (Å²) in [6, 6.07) is 5.86. The number of rotatable bonds is 4. The lowest BCUT2D eigenvalue weighted by atomic mass is 10.0. The number of amides is 2. The standard InChI is InChI=1S/C16H22N2O2/c1-4-5-14-16(20)17-9-15(19)18(14)10-13-7-6-11(2)12(3)8-13/h6-8,14H,4-5,9-10H2,1-3H3,(H,17,20). The van der Waals surface area contributed by atoms with Gasteiger partial charge in [-0.3, -0.25) is 9.59 Å². The van der Waals surface area contributed by atoms with E-state index >= 15 is 0 Å². The van der Waals surface area contributed by atoms with E-state index in [2.05, 4.69) is 31.3 Å². The van der Waals surface area contributed by atoms with Crippen LogP contribution in [0, 0.1) is 13.8 Å². The van der Waals surface area contributed by atoms with Gasteiger partial charge in [0, 0.05) is 6.54 Å². The molecule has 1 aromatic carbocycles. The highest BCUT2D eigenvalue weighted by Gasteiger charge is 2.33. The Morgan fingerprint density at radius 1 is 1.25 bits per heavy atom. The SMILES string of the molecule is CCCC1C(=O)NCC(=O)N1Cc1ccc(C)c(C)c1. The Morgan fingerprint density at radius 3 is 2.65 bits per heavy atom. The quantitative estimate of drug-likeness (QED) is 0.912. The van der Waals surface area contributed by atoms with E-state index in [9.17, 15) is 9.59 Å². The first-order chi connectivity index (χ1) is 9.52. The summed E-state index contributed by atoms with van der Waals surface area (Å²) in [5.41, 5.74) is 3.53. The maximum absolute atomic E-state index is 12.1. The first-order valence-corrected chi connectivity index (χ1v) is 7.16. The first-order valence-electron chi connectivity index (χ1n) is 7.16. The van der Waals surface area contributed by atoms with Crippen molar-refractivity contribution in [2.75, 3.05) is 6.54 Å². The largest absolute Gasteiger partial charge is 0.345 e. The van der Waals surface area contributed by atoms with Crippen molar-refractivity contribution in [3.63, 3.8) is 0 Å². The van der Waals surface area contributed by atoms with Gasteiger partial charge in [0.1, 0.15) is 6.04 Å². The van der Waals surface area contributed by atoms with Crippen molar-refractivity contribution in [3.8, 4) is 0 Å². The van der Waals surface area contributed by atoms with Crippen LogP contribution >= 0.6 is 0 Å². The second kappa shape index (κ2) is 6.07. The van der Waals surface area contributed by atoms with Crippen molar-refractivity contribution in [3.05, 3.63) is 34.9 Å². The third-order valence-corrected chi connectivity index (χ3v) is 3.90. The average Bonchev–Trinajstić information content (AvgIpc) is 2.42. The Hall–Kier alpha value is -1.84. The maximum atomic E-state index is 12.1. The molecule has 1 atom stereocenters. The number of nitrogens with zero attached hydrogens (tertiary/aromatic N) is 1. The monoisotopic (exact) mass is 274 g/mol. The van der Waals surface area contributed by atoms with Gasteiger partial charge in [-0.05, 0) is 37.0 Å². The van der Waals surface area contributed by atoms with Crippen LogP contribution in [0.25, 0.3) is 0 Å². The molecule has 108 valence electrons. The molecule has 1 heterocycles. The molecule has 1 aliphatic heterocycles. The van der Waals surface area contributed by atoms with Gasteiger partial charge in [0.05, 0.1) is 6.54 Å². The molecule has 1 aromatic rings. The zero-order chi connectivity index (χ0) is 14.7. The Balaban J connectivity index is 2.20. The molecule has 1 saturated heterocycles. The molecule has 1 unspecified atom stereocenters. The third kappa shape index (κ3) is 3.00. The van der Waals surface area contributed by atoms with Crippen molar-refractivity contribution < 1.29 is 9.59 Å². The van der Waals surface area contributed by atoms with Gasteiger partial charge in [-0.25, -0.2) is 0 Å². The molecule has 2 amide bonds. The smallest absolute Gasteiger partial charge is 0.243 e. The molecule has 20 heavy (non-hydrogen) atoms. The predicted octanol–water partition coefficient (Wildman–Crippen LogP) is 1.93. The molecule has 1 aliphatic rings. The van der Waals surface area contributed by atoms with Gasteiger partial charge in [0.15, 0.2) is 0 Å². The summed E-state index contributed by atoms with van der Waals surface area (Å²) in [6.07, 6.45) is 1.59. The molecule has 1 fully saturated rings.